The van der Waals surface area contributed by atoms with Crippen LogP contribution in [0.3, 0.4) is 0 Å². The van der Waals surface area contributed by atoms with Gasteiger partial charge in [-0.1, -0.05) is 37.3 Å². The Bertz CT molecular complexity index is 3390. The third-order valence-corrected chi connectivity index (χ3v) is 14.5. The molecule has 5 heterocycles. The van der Waals surface area contributed by atoms with E-state index in [-0.39, 0.29) is 87.5 Å². The van der Waals surface area contributed by atoms with E-state index in [0.717, 1.165) is 17.1 Å². The normalized spacial score (nSPS) is 17.1. The molecule has 4 aliphatic rings. The Kier molecular flexibility index (Phi) is 18.3. The minimum atomic E-state index is -2.09. The van der Waals surface area contributed by atoms with Crippen molar-refractivity contribution in [2.75, 3.05) is 45.9 Å². The quantitative estimate of drug-likeness (QED) is 0.0183. The lowest BCUT2D eigenvalue weighted by Crippen LogP contribution is -2.53. The number of carbonyl (C=O) groups excluding carboxylic acids is 10. The Morgan fingerprint density at radius 3 is 2.21 bits per heavy atom. The second-order valence-corrected chi connectivity index (χ2v) is 19.8. The predicted molar refractivity (Wildman–Crippen MR) is 283 cm³/mol. The topological polar surface area (TPSA) is 369 Å². The molecule has 0 saturated carbocycles. The molecule has 27 heteroatoms. The number of nitrogens with zero attached hydrogens (tertiary/aromatic N) is 3. The van der Waals surface area contributed by atoms with Crippen molar-refractivity contribution in [2.45, 2.75) is 95.7 Å². The number of esters is 1. The molecule has 0 fully saturated rings. The molecule has 82 heavy (non-hydrogen) atoms. The minimum Gasteiger partial charge on any atom is -0.481 e. The Labute approximate surface area is 465 Å². The van der Waals surface area contributed by atoms with Crippen molar-refractivity contribution in [3.63, 3.8) is 0 Å². The number of hydrogen-bond acceptors (Lipinski definition) is 16. The maximum absolute atomic E-state index is 15.5. The number of aliphatic hydroxyl groups is 1. The average Bonchev–Trinajstić information content (AvgIpc) is 1.76. The first-order valence-corrected chi connectivity index (χ1v) is 26.3. The standard InChI is InChI=1S/C55H59FN10O16/c1-3-55(80)33-20-39-50-31(26-66(39)53(78)32(33)27-82-54(55)79)49-35(10-9-30-28(2)34(56)21-36(64-50)48(30)49)61-44(71)25-60-51(76)37(19-29-7-5-4-6-8-29)63-43(70)24-58-42(69)23-59-52(77)38(22-47(74)75)62-41(68)14-17-81-18-15-57-40(67)13-16-65-45(72)11-12-46(65)73/h4-8,11-12,20-21,35,37-38,80H,3,9-10,13-19,22-27H2,1-2H3,(H,57,67)(H,58,69)(H,59,77)(H,60,76)(H,61,71)(H,62,68)(H,63,70)(H,74,75)/t35-,37-,38-,55-/m0/s1. The van der Waals surface area contributed by atoms with Crippen molar-refractivity contribution in [2.24, 2.45) is 0 Å². The summed E-state index contributed by atoms with van der Waals surface area (Å²) in [6.45, 7) is 0.592. The monoisotopic (exact) mass is 1130 g/mol. The number of fused-ring (bicyclic) bond motifs is 5. The van der Waals surface area contributed by atoms with Gasteiger partial charge in [-0.15, -0.1) is 0 Å². The summed E-state index contributed by atoms with van der Waals surface area (Å²) in [5.74, 6) is -9.27. The number of halogens is 1. The van der Waals surface area contributed by atoms with Crippen LogP contribution in [-0.2, 0) is 93.8 Å². The van der Waals surface area contributed by atoms with E-state index in [1.54, 1.807) is 44.2 Å². The molecule has 0 radical (unpaired) electrons. The number of hydrogen-bond donors (Lipinski definition) is 9. The fraction of sp³-hybridized carbons (Fsp3) is 0.400. The number of carbonyl (C=O) groups is 11. The summed E-state index contributed by atoms with van der Waals surface area (Å²) < 4.78 is 27.5. The number of ether oxygens (including phenoxy) is 2. The molecule has 0 saturated heterocycles. The maximum Gasteiger partial charge on any atom is 0.343 e. The Balaban J connectivity index is 0.832. The molecule has 1 aliphatic carbocycles. The number of pyridine rings is 2. The highest BCUT2D eigenvalue weighted by atomic mass is 19.1. The van der Waals surface area contributed by atoms with Crippen molar-refractivity contribution >= 4 is 76.0 Å². The number of carboxylic acid groups (broad SMARTS) is 1. The van der Waals surface area contributed by atoms with Crippen LogP contribution in [0.4, 0.5) is 4.39 Å². The summed E-state index contributed by atoms with van der Waals surface area (Å²) >= 11 is 0. The molecule has 0 spiro atoms. The number of benzene rings is 2. The van der Waals surface area contributed by atoms with E-state index < -0.39 is 126 Å². The number of amides is 9. The molecule has 26 nitrogen and oxygen atoms in total. The molecule has 9 N–H and O–H groups in total. The van der Waals surface area contributed by atoms with Crippen molar-refractivity contribution in [3.05, 3.63) is 110 Å². The van der Waals surface area contributed by atoms with Crippen LogP contribution in [0.1, 0.15) is 84.0 Å². The van der Waals surface area contributed by atoms with E-state index in [0.29, 0.717) is 51.7 Å². The average molecular weight is 1140 g/mol. The van der Waals surface area contributed by atoms with Crippen LogP contribution in [0.5, 0.6) is 0 Å². The molecule has 3 aliphatic heterocycles. The first-order valence-electron chi connectivity index (χ1n) is 26.3. The second-order valence-electron chi connectivity index (χ2n) is 19.8. The van der Waals surface area contributed by atoms with Gasteiger partial charge in [0.15, 0.2) is 5.60 Å². The lowest BCUT2D eigenvalue weighted by molar-refractivity contribution is -0.172. The molecule has 9 amide bonds. The van der Waals surface area contributed by atoms with Gasteiger partial charge in [0.05, 0.1) is 74.3 Å². The molecule has 4 aromatic rings. The Hall–Kier alpha value is -9.24. The maximum atomic E-state index is 15.5. The third kappa shape index (κ3) is 13.2. The molecular formula is C55H59FN10O16. The highest BCUT2D eigenvalue weighted by molar-refractivity contribution is 6.13. The molecule has 0 unspecified atom stereocenters. The highest BCUT2D eigenvalue weighted by Crippen LogP contribution is 2.46. The SMILES string of the molecule is CC[C@@]1(O)C(=O)OCc2c1cc1n(c2=O)Cc2c-1nc1cc(F)c(C)c3c1c2[C@@H](NC(=O)CNC(=O)[C@H](Cc1ccccc1)NC(=O)CNC(=O)CNC(=O)[C@H](CC(=O)O)NC(=O)CCOCCNC(=O)CCN1C(=O)C=CC1=O)CC3. The lowest BCUT2D eigenvalue weighted by Gasteiger charge is -2.31. The molecule has 2 aromatic carbocycles. The number of cyclic esters (lactones) is 1. The number of aryl methyl sites for hydroxylation is 1. The van der Waals surface area contributed by atoms with Crippen LogP contribution in [0.15, 0.2) is 59.4 Å². The summed E-state index contributed by atoms with van der Waals surface area (Å²) in [7, 11) is 0. The van der Waals surface area contributed by atoms with Gasteiger partial charge in [0, 0.05) is 67.1 Å². The zero-order valence-electron chi connectivity index (χ0n) is 44.6. The van der Waals surface area contributed by atoms with Gasteiger partial charge >= 0.3 is 11.9 Å². The highest BCUT2D eigenvalue weighted by Gasteiger charge is 2.46. The summed E-state index contributed by atoms with van der Waals surface area (Å²) in [6.07, 6.45) is 1.41. The third-order valence-electron chi connectivity index (χ3n) is 14.5. The van der Waals surface area contributed by atoms with Gasteiger partial charge in [-0.2, -0.15) is 0 Å². The van der Waals surface area contributed by atoms with Gasteiger partial charge in [-0.05, 0) is 54.5 Å². The van der Waals surface area contributed by atoms with E-state index in [9.17, 15) is 67.7 Å². The van der Waals surface area contributed by atoms with Crippen LogP contribution >= 0.6 is 0 Å². The van der Waals surface area contributed by atoms with Crippen LogP contribution < -0.4 is 42.8 Å². The largest absolute Gasteiger partial charge is 0.481 e. The van der Waals surface area contributed by atoms with Crippen molar-refractivity contribution < 1.29 is 76.8 Å². The number of aromatic nitrogens is 2. The van der Waals surface area contributed by atoms with E-state index in [1.165, 1.54) is 16.7 Å². The van der Waals surface area contributed by atoms with Crippen LogP contribution in [0, 0.1) is 12.7 Å². The number of nitrogens with one attached hydrogen (secondary N) is 7. The molecular weight excluding hydrogens is 1080 g/mol. The van der Waals surface area contributed by atoms with Gasteiger partial charge in [0.2, 0.25) is 41.4 Å². The molecule has 8 rings (SSSR count). The van der Waals surface area contributed by atoms with E-state index >= 15 is 4.39 Å². The van der Waals surface area contributed by atoms with Gasteiger partial charge in [-0.25, -0.2) is 14.2 Å². The summed E-state index contributed by atoms with van der Waals surface area (Å²) in [4.78, 5) is 159. The zero-order chi connectivity index (χ0) is 59.0. The Morgan fingerprint density at radius 2 is 1.50 bits per heavy atom. The zero-order valence-corrected chi connectivity index (χ0v) is 44.6. The van der Waals surface area contributed by atoms with Crippen LogP contribution in [0.25, 0.3) is 22.3 Å². The summed E-state index contributed by atoms with van der Waals surface area (Å²) in [6, 6.07) is 7.79. The van der Waals surface area contributed by atoms with Crippen LogP contribution in [-0.4, -0.2) is 148 Å². The number of carboxylic acids is 1. The summed E-state index contributed by atoms with van der Waals surface area (Å²) in [5, 5.41) is 38.8. The fourth-order valence-electron chi connectivity index (χ4n) is 10.2. The summed E-state index contributed by atoms with van der Waals surface area (Å²) in [5.41, 5.74) is 1.32. The van der Waals surface area contributed by atoms with Crippen molar-refractivity contribution in [3.8, 4) is 11.4 Å². The van der Waals surface area contributed by atoms with Gasteiger partial charge < -0.3 is 61.5 Å². The van der Waals surface area contributed by atoms with Gasteiger partial charge in [-0.3, -0.25) is 57.6 Å². The Morgan fingerprint density at radius 1 is 0.817 bits per heavy atom. The van der Waals surface area contributed by atoms with E-state index in [2.05, 4.69) is 37.2 Å². The predicted octanol–water partition coefficient (Wildman–Crippen LogP) is -1.50. The smallest absolute Gasteiger partial charge is 0.343 e. The second kappa shape index (κ2) is 25.5. The molecule has 4 atom stereocenters. The first-order chi connectivity index (χ1) is 39.2. The number of aliphatic carboxylic acids is 1. The molecule has 2 aromatic heterocycles. The van der Waals surface area contributed by atoms with Crippen LogP contribution in [0.2, 0.25) is 0 Å². The fourth-order valence-corrected chi connectivity index (χ4v) is 10.2. The van der Waals surface area contributed by atoms with E-state index in [4.69, 9.17) is 14.5 Å². The molecule has 432 valence electrons. The lowest BCUT2D eigenvalue weighted by atomic mass is 9.81. The minimum absolute atomic E-state index is 0.000266. The van der Waals surface area contributed by atoms with Gasteiger partial charge in [0.1, 0.15) is 24.5 Å². The number of imide groups is 1. The van der Waals surface area contributed by atoms with Crippen molar-refractivity contribution in [1.29, 1.82) is 0 Å². The van der Waals surface area contributed by atoms with Crippen molar-refractivity contribution in [1.82, 2.24) is 51.7 Å². The molecule has 0 bridgehead atoms. The van der Waals surface area contributed by atoms with E-state index in [1.807, 2.05) is 0 Å². The first kappa shape index (κ1) is 58.9. The number of rotatable bonds is 25. The van der Waals surface area contributed by atoms with Gasteiger partial charge in [0.25, 0.3) is 17.4 Å².